The molecule has 1 aliphatic heterocycles. The molecule has 1 aromatic heterocycles. The molecule has 156 valence electrons. The van der Waals surface area contributed by atoms with Crippen molar-refractivity contribution in [1.82, 2.24) is 9.88 Å². The van der Waals surface area contributed by atoms with Crippen LogP contribution in [0.5, 0.6) is 11.5 Å². The van der Waals surface area contributed by atoms with Crippen molar-refractivity contribution in [3.63, 3.8) is 0 Å². The molecule has 0 saturated carbocycles. The fraction of sp³-hybridized carbons (Fsp3) is 0.333. The van der Waals surface area contributed by atoms with Gasteiger partial charge in [-0.15, -0.1) is 11.3 Å². The minimum absolute atomic E-state index is 0.0630. The summed E-state index contributed by atoms with van der Waals surface area (Å²) in [7, 11) is 0. The Labute approximate surface area is 181 Å². The normalized spacial score (nSPS) is 15.9. The Morgan fingerprint density at radius 1 is 1.10 bits per heavy atom. The number of rotatable bonds is 7. The van der Waals surface area contributed by atoms with Crippen LogP contribution in [0.15, 0.2) is 53.9 Å². The second-order valence-corrected chi connectivity index (χ2v) is 8.39. The van der Waals surface area contributed by atoms with E-state index in [0.717, 1.165) is 47.2 Å². The summed E-state index contributed by atoms with van der Waals surface area (Å²) in [5.74, 6) is 1.66. The van der Waals surface area contributed by atoms with Gasteiger partial charge in [0, 0.05) is 17.5 Å². The van der Waals surface area contributed by atoms with Crippen molar-refractivity contribution in [2.75, 3.05) is 13.2 Å². The third kappa shape index (κ3) is 4.65. The van der Waals surface area contributed by atoms with Crippen LogP contribution in [0.1, 0.15) is 52.4 Å². The van der Waals surface area contributed by atoms with E-state index in [1.807, 2.05) is 60.5 Å². The standard InChI is InChI=1S/C24H26N2O3S/c1-3-28-21-10-6-18(7-11-21)23-5-4-14-26(23)24(27)19-8-12-22(13-9-19)29-15-20-16-30-17(2)25-20/h6-13,16,23H,3-5,14-15H2,1-2H3. The predicted octanol–water partition coefficient (Wildman–Crippen LogP) is 5.41. The molecule has 30 heavy (non-hydrogen) atoms. The topological polar surface area (TPSA) is 51.7 Å². The molecule has 1 aliphatic rings. The third-order valence-corrected chi connectivity index (χ3v) is 6.07. The Hall–Kier alpha value is -2.86. The van der Waals surface area contributed by atoms with E-state index in [1.165, 1.54) is 0 Å². The maximum Gasteiger partial charge on any atom is 0.254 e. The number of benzene rings is 2. The highest BCUT2D eigenvalue weighted by Gasteiger charge is 2.30. The minimum atomic E-state index is 0.0630. The van der Waals surface area contributed by atoms with Crippen LogP contribution >= 0.6 is 11.3 Å². The van der Waals surface area contributed by atoms with Crippen LogP contribution in [0.25, 0.3) is 0 Å². The van der Waals surface area contributed by atoms with Gasteiger partial charge in [-0.25, -0.2) is 4.98 Å². The first-order valence-corrected chi connectivity index (χ1v) is 11.2. The first-order valence-electron chi connectivity index (χ1n) is 10.3. The number of hydrogen-bond acceptors (Lipinski definition) is 5. The maximum absolute atomic E-state index is 13.1. The van der Waals surface area contributed by atoms with Crippen LogP contribution < -0.4 is 9.47 Å². The van der Waals surface area contributed by atoms with Crippen molar-refractivity contribution in [1.29, 1.82) is 0 Å². The highest BCUT2D eigenvalue weighted by atomic mass is 32.1. The van der Waals surface area contributed by atoms with Crippen molar-refractivity contribution in [2.45, 2.75) is 39.3 Å². The summed E-state index contributed by atoms with van der Waals surface area (Å²) in [5, 5.41) is 3.03. The lowest BCUT2D eigenvalue weighted by molar-refractivity contribution is 0.0735. The molecule has 0 spiro atoms. The zero-order valence-corrected chi connectivity index (χ0v) is 18.2. The van der Waals surface area contributed by atoms with Crippen molar-refractivity contribution in [3.05, 3.63) is 75.7 Å². The molecule has 1 atom stereocenters. The lowest BCUT2D eigenvalue weighted by Crippen LogP contribution is -2.30. The van der Waals surface area contributed by atoms with Gasteiger partial charge in [-0.2, -0.15) is 0 Å². The van der Waals surface area contributed by atoms with Gasteiger partial charge >= 0.3 is 0 Å². The Balaban J connectivity index is 1.41. The number of hydrogen-bond donors (Lipinski definition) is 0. The van der Waals surface area contributed by atoms with Crippen LogP contribution in [-0.2, 0) is 6.61 Å². The highest BCUT2D eigenvalue weighted by Crippen LogP contribution is 2.34. The monoisotopic (exact) mass is 422 g/mol. The molecule has 1 fully saturated rings. The summed E-state index contributed by atoms with van der Waals surface area (Å²) in [4.78, 5) is 19.5. The second kappa shape index (κ2) is 9.30. The zero-order valence-electron chi connectivity index (χ0n) is 17.3. The maximum atomic E-state index is 13.1. The molecule has 0 N–H and O–H groups in total. The van der Waals surface area contributed by atoms with Crippen LogP contribution in [0, 0.1) is 6.92 Å². The summed E-state index contributed by atoms with van der Waals surface area (Å²) < 4.78 is 11.3. The third-order valence-electron chi connectivity index (χ3n) is 5.24. The molecule has 2 aromatic carbocycles. The van der Waals surface area contributed by atoms with Crippen molar-refractivity contribution in [2.24, 2.45) is 0 Å². The van der Waals surface area contributed by atoms with E-state index < -0.39 is 0 Å². The Bertz CT molecular complexity index is 982. The number of thiazole rings is 1. The van der Waals surface area contributed by atoms with Crippen molar-refractivity contribution in [3.8, 4) is 11.5 Å². The molecular formula is C24H26N2O3S. The summed E-state index contributed by atoms with van der Waals surface area (Å²) in [6.07, 6.45) is 1.99. The van der Waals surface area contributed by atoms with Gasteiger partial charge in [0.15, 0.2) is 0 Å². The van der Waals surface area contributed by atoms with Gasteiger partial charge < -0.3 is 14.4 Å². The Morgan fingerprint density at radius 2 is 1.80 bits per heavy atom. The molecule has 2 heterocycles. The average Bonchev–Trinajstić information content (AvgIpc) is 3.42. The SMILES string of the molecule is CCOc1ccc(C2CCCN2C(=O)c2ccc(OCc3csc(C)n3)cc2)cc1. The zero-order chi connectivity index (χ0) is 20.9. The number of amides is 1. The Morgan fingerprint density at radius 3 is 2.47 bits per heavy atom. The highest BCUT2D eigenvalue weighted by molar-refractivity contribution is 7.09. The molecule has 1 unspecified atom stereocenters. The van der Waals surface area contributed by atoms with Gasteiger partial charge in [-0.05, 0) is 68.7 Å². The Kier molecular flexibility index (Phi) is 6.33. The van der Waals surface area contributed by atoms with Gasteiger partial charge in [-0.1, -0.05) is 12.1 Å². The average molecular weight is 423 g/mol. The largest absolute Gasteiger partial charge is 0.494 e. The number of likely N-dealkylation sites (tertiary alicyclic amines) is 1. The van der Waals surface area contributed by atoms with Crippen LogP contribution in [0.3, 0.4) is 0 Å². The van der Waals surface area contributed by atoms with E-state index in [4.69, 9.17) is 9.47 Å². The first kappa shape index (κ1) is 20.4. The number of nitrogens with zero attached hydrogens (tertiary/aromatic N) is 2. The molecule has 0 radical (unpaired) electrons. The predicted molar refractivity (Wildman–Crippen MR) is 118 cm³/mol. The smallest absolute Gasteiger partial charge is 0.254 e. The molecule has 0 bridgehead atoms. The number of aromatic nitrogens is 1. The first-order chi connectivity index (χ1) is 14.6. The van der Waals surface area contributed by atoms with Gasteiger partial charge in [0.05, 0.1) is 23.4 Å². The molecule has 1 amide bonds. The summed E-state index contributed by atoms with van der Waals surface area (Å²) >= 11 is 1.61. The van der Waals surface area contributed by atoms with E-state index in [2.05, 4.69) is 17.1 Å². The van der Waals surface area contributed by atoms with Crippen molar-refractivity contribution >= 4 is 17.2 Å². The van der Waals surface area contributed by atoms with Gasteiger partial charge in [0.1, 0.15) is 18.1 Å². The molecular weight excluding hydrogens is 396 g/mol. The van der Waals surface area contributed by atoms with E-state index in [1.54, 1.807) is 11.3 Å². The number of aryl methyl sites for hydroxylation is 1. The number of carbonyl (C=O) groups excluding carboxylic acids is 1. The number of ether oxygens (including phenoxy) is 2. The molecule has 1 saturated heterocycles. The van der Waals surface area contributed by atoms with Crippen LogP contribution in [0.2, 0.25) is 0 Å². The molecule has 5 nitrogen and oxygen atoms in total. The molecule has 3 aromatic rings. The molecule has 0 aliphatic carbocycles. The van der Waals surface area contributed by atoms with E-state index in [-0.39, 0.29) is 11.9 Å². The fourth-order valence-corrected chi connectivity index (χ4v) is 4.40. The second-order valence-electron chi connectivity index (χ2n) is 7.33. The lowest BCUT2D eigenvalue weighted by Gasteiger charge is -2.25. The van der Waals surface area contributed by atoms with Crippen molar-refractivity contribution < 1.29 is 14.3 Å². The lowest BCUT2D eigenvalue weighted by atomic mass is 10.0. The summed E-state index contributed by atoms with van der Waals surface area (Å²) in [5.41, 5.74) is 2.76. The van der Waals surface area contributed by atoms with Gasteiger partial charge in [0.25, 0.3) is 5.91 Å². The van der Waals surface area contributed by atoms with E-state index in [9.17, 15) is 4.79 Å². The fourth-order valence-electron chi connectivity index (χ4n) is 3.80. The van der Waals surface area contributed by atoms with E-state index in [0.29, 0.717) is 18.8 Å². The van der Waals surface area contributed by atoms with Crippen LogP contribution in [-0.4, -0.2) is 28.9 Å². The summed E-state index contributed by atoms with van der Waals surface area (Å²) in [6, 6.07) is 15.6. The quantitative estimate of drug-likeness (QED) is 0.511. The van der Waals surface area contributed by atoms with E-state index >= 15 is 0 Å². The summed E-state index contributed by atoms with van der Waals surface area (Å²) in [6.45, 7) is 5.81. The molecule has 6 heteroatoms. The van der Waals surface area contributed by atoms with Gasteiger partial charge in [-0.3, -0.25) is 4.79 Å². The molecule has 4 rings (SSSR count). The minimum Gasteiger partial charge on any atom is -0.494 e. The van der Waals surface area contributed by atoms with Crippen LogP contribution in [0.4, 0.5) is 0 Å². The number of carbonyl (C=O) groups is 1. The van der Waals surface area contributed by atoms with Gasteiger partial charge in [0.2, 0.25) is 0 Å².